The molecule has 1 aromatic heterocycles. The van der Waals surface area contributed by atoms with Gasteiger partial charge in [0.25, 0.3) is 0 Å². The fraction of sp³-hybridized carbons (Fsp3) is 0.462. The molecule has 6 nitrogen and oxygen atoms in total. The van der Waals surface area contributed by atoms with Gasteiger partial charge in [0.05, 0.1) is 29.5 Å². The Morgan fingerprint density at radius 3 is 3.00 bits per heavy atom. The van der Waals surface area contributed by atoms with Crippen LogP contribution in [0.3, 0.4) is 0 Å². The van der Waals surface area contributed by atoms with Crippen LogP contribution in [-0.4, -0.2) is 34.7 Å². The minimum absolute atomic E-state index is 0.0486. The molecule has 19 heavy (non-hydrogen) atoms. The van der Waals surface area contributed by atoms with Gasteiger partial charge in [0.2, 0.25) is 5.91 Å². The minimum atomic E-state index is -1.07. The average molecular weight is 264 g/mol. The topological polar surface area (TPSA) is 88.5 Å². The summed E-state index contributed by atoms with van der Waals surface area (Å²) in [6.07, 6.45) is 4.09. The number of carbonyl (C=O) groups is 2. The van der Waals surface area contributed by atoms with Gasteiger partial charge in [-0.05, 0) is 18.9 Å². The highest BCUT2D eigenvalue weighted by Gasteiger charge is 2.32. The summed E-state index contributed by atoms with van der Waals surface area (Å²) in [6, 6.07) is 1.39. The first-order chi connectivity index (χ1) is 9.11. The van der Waals surface area contributed by atoms with Gasteiger partial charge < -0.3 is 15.2 Å². The van der Waals surface area contributed by atoms with Crippen LogP contribution in [0, 0.1) is 5.92 Å². The number of nitrogens with zero attached hydrogens (tertiary/aromatic N) is 1. The molecule has 2 atom stereocenters. The van der Waals surface area contributed by atoms with Gasteiger partial charge in [0, 0.05) is 12.8 Å². The smallest absolute Gasteiger partial charge is 0.337 e. The number of anilines is 1. The Labute approximate surface area is 110 Å². The van der Waals surface area contributed by atoms with Crippen LogP contribution in [0.25, 0.3) is 0 Å². The Hall–Kier alpha value is -1.95. The van der Waals surface area contributed by atoms with Crippen LogP contribution in [0.15, 0.2) is 18.5 Å². The van der Waals surface area contributed by atoms with Gasteiger partial charge >= 0.3 is 5.97 Å². The maximum atomic E-state index is 12.1. The van der Waals surface area contributed by atoms with E-state index in [4.69, 9.17) is 9.84 Å². The molecule has 1 aliphatic heterocycles. The number of carboxylic acid groups (broad SMARTS) is 1. The van der Waals surface area contributed by atoms with Gasteiger partial charge in [0.1, 0.15) is 0 Å². The Morgan fingerprint density at radius 1 is 1.53 bits per heavy atom. The summed E-state index contributed by atoms with van der Waals surface area (Å²) in [7, 11) is 0. The van der Waals surface area contributed by atoms with Crippen molar-refractivity contribution in [2.75, 3.05) is 11.9 Å². The lowest BCUT2D eigenvalue weighted by Gasteiger charge is -2.16. The van der Waals surface area contributed by atoms with Gasteiger partial charge in [0.15, 0.2) is 0 Å². The predicted octanol–water partition coefficient (Wildman–Crippen LogP) is 1.53. The highest BCUT2D eigenvalue weighted by atomic mass is 16.5. The SMILES string of the molecule is CCC1OCCC1C(=O)Nc1cncc(C(=O)O)c1. The zero-order chi connectivity index (χ0) is 13.8. The molecule has 0 aliphatic carbocycles. The molecule has 2 N–H and O–H groups in total. The van der Waals surface area contributed by atoms with Crippen LogP contribution >= 0.6 is 0 Å². The second-order valence-electron chi connectivity index (χ2n) is 4.47. The number of pyridine rings is 1. The molecule has 1 saturated heterocycles. The lowest BCUT2D eigenvalue weighted by atomic mass is 9.98. The van der Waals surface area contributed by atoms with Crippen LogP contribution in [0.2, 0.25) is 0 Å². The third-order valence-electron chi connectivity index (χ3n) is 3.20. The predicted molar refractivity (Wildman–Crippen MR) is 68.0 cm³/mol. The Kier molecular flexibility index (Phi) is 4.11. The van der Waals surface area contributed by atoms with Gasteiger partial charge in [-0.3, -0.25) is 9.78 Å². The second-order valence-corrected chi connectivity index (χ2v) is 4.47. The number of aromatic carboxylic acids is 1. The third-order valence-corrected chi connectivity index (χ3v) is 3.20. The van der Waals surface area contributed by atoms with Crippen molar-refractivity contribution in [3.8, 4) is 0 Å². The van der Waals surface area contributed by atoms with Crippen LogP contribution < -0.4 is 5.32 Å². The van der Waals surface area contributed by atoms with Crippen molar-refractivity contribution < 1.29 is 19.4 Å². The first-order valence-corrected chi connectivity index (χ1v) is 6.22. The van der Waals surface area contributed by atoms with Crippen LogP contribution in [0.4, 0.5) is 5.69 Å². The number of rotatable bonds is 4. The van der Waals surface area contributed by atoms with E-state index in [9.17, 15) is 9.59 Å². The quantitative estimate of drug-likeness (QED) is 0.861. The maximum Gasteiger partial charge on any atom is 0.337 e. The number of hydrogen-bond donors (Lipinski definition) is 2. The lowest BCUT2D eigenvalue weighted by Crippen LogP contribution is -2.29. The first kappa shape index (κ1) is 13.5. The molecule has 0 aromatic carbocycles. The molecular formula is C13H16N2O4. The molecule has 0 saturated carbocycles. The number of aromatic nitrogens is 1. The molecule has 2 heterocycles. The molecule has 102 valence electrons. The number of hydrogen-bond acceptors (Lipinski definition) is 4. The van der Waals surface area contributed by atoms with Crippen molar-refractivity contribution in [3.63, 3.8) is 0 Å². The summed E-state index contributed by atoms with van der Waals surface area (Å²) in [4.78, 5) is 26.7. The Morgan fingerprint density at radius 2 is 2.32 bits per heavy atom. The van der Waals surface area contributed by atoms with E-state index in [-0.39, 0.29) is 23.5 Å². The Bertz CT molecular complexity index is 489. The van der Waals surface area contributed by atoms with E-state index in [0.29, 0.717) is 18.7 Å². The molecular weight excluding hydrogens is 248 g/mol. The summed E-state index contributed by atoms with van der Waals surface area (Å²) in [6.45, 7) is 2.56. The highest BCUT2D eigenvalue weighted by molar-refractivity contribution is 5.95. The number of nitrogens with one attached hydrogen (secondary N) is 1. The monoisotopic (exact) mass is 264 g/mol. The van der Waals surface area contributed by atoms with Crippen LogP contribution in [-0.2, 0) is 9.53 Å². The highest BCUT2D eigenvalue weighted by Crippen LogP contribution is 2.24. The molecule has 1 amide bonds. The fourth-order valence-corrected chi connectivity index (χ4v) is 2.21. The molecule has 2 unspecified atom stereocenters. The van der Waals surface area contributed by atoms with Gasteiger partial charge in [-0.2, -0.15) is 0 Å². The van der Waals surface area contributed by atoms with E-state index in [1.165, 1.54) is 18.5 Å². The van der Waals surface area contributed by atoms with E-state index in [0.717, 1.165) is 6.42 Å². The Balaban J connectivity index is 2.06. The third kappa shape index (κ3) is 3.08. The van der Waals surface area contributed by atoms with Crippen LogP contribution in [0.5, 0.6) is 0 Å². The van der Waals surface area contributed by atoms with Gasteiger partial charge in [-0.25, -0.2) is 4.79 Å². The zero-order valence-corrected chi connectivity index (χ0v) is 10.6. The number of carboxylic acids is 1. The van der Waals surface area contributed by atoms with Gasteiger partial charge in [-0.1, -0.05) is 6.92 Å². The van der Waals surface area contributed by atoms with Crippen molar-refractivity contribution in [3.05, 3.63) is 24.0 Å². The number of carbonyl (C=O) groups excluding carboxylic acids is 1. The van der Waals surface area contributed by atoms with E-state index in [2.05, 4.69) is 10.3 Å². The molecule has 2 rings (SSSR count). The number of ether oxygens (including phenoxy) is 1. The standard InChI is InChI=1S/C13H16N2O4/c1-2-11-10(3-4-19-11)12(16)15-9-5-8(13(17)18)6-14-7-9/h5-7,10-11H,2-4H2,1H3,(H,15,16)(H,17,18). The lowest BCUT2D eigenvalue weighted by molar-refractivity contribution is -0.121. The normalized spacial score (nSPS) is 22.2. The van der Waals surface area contributed by atoms with Crippen molar-refractivity contribution in [1.82, 2.24) is 4.98 Å². The van der Waals surface area contributed by atoms with E-state index < -0.39 is 5.97 Å². The zero-order valence-electron chi connectivity index (χ0n) is 10.6. The molecule has 6 heteroatoms. The minimum Gasteiger partial charge on any atom is -0.478 e. The van der Waals surface area contributed by atoms with Crippen molar-refractivity contribution >= 4 is 17.6 Å². The first-order valence-electron chi connectivity index (χ1n) is 6.22. The molecule has 1 aromatic rings. The summed E-state index contributed by atoms with van der Waals surface area (Å²) in [5.41, 5.74) is 0.444. The molecule has 1 aliphatic rings. The number of amides is 1. The van der Waals surface area contributed by atoms with Crippen molar-refractivity contribution in [1.29, 1.82) is 0 Å². The summed E-state index contributed by atoms with van der Waals surface area (Å²) >= 11 is 0. The van der Waals surface area contributed by atoms with E-state index in [1.54, 1.807) is 0 Å². The summed E-state index contributed by atoms with van der Waals surface area (Å²) < 4.78 is 5.46. The largest absolute Gasteiger partial charge is 0.478 e. The molecule has 0 spiro atoms. The molecule has 0 bridgehead atoms. The maximum absolute atomic E-state index is 12.1. The molecule has 0 radical (unpaired) electrons. The van der Waals surface area contributed by atoms with Crippen LogP contribution in [0.1, 0.15) is 30.1 Å². The second kappa shape index (κ2) is 5.79. The average Bonchev–Trinajstić information content (AvgIpc) is 2.87. The van der Waals surface area contributed by atoms with Crippen molar-refractivity contribution in [2.45, 2.75) is 25.9 Å². The molecule has 1 fully saturated rings. The van der Waals surface area contributed by atoms with Crippen molar-refractivity contribution in [2.24, 2.45) is 5.92 Å². The van der Waals surface area contributed by atoms with E-state index >= 15 is 0 Å². The summed E-state index contributed by atoms with van der Waals surface area (Å²) in [5.74, 6) is -1.40. The van der Waals surface area contributed by atoms with E-state index in [1.807, 2.05) is 6.92 Å². The fourth-order valence-electron chi connectivity index (χ4n) is 2.21. The van der Waals surface area contributed by atoms with Gasteiger partial charge in [-0.15, -0.1) is 0 Å². The summed E-state index contributed by atoms with van der Waals surface area (Å²) in [5, 5.41) is 11.6.